The minimum atomic E-state index is 0.0351. The predicted octanol–water partition coefficient (Wildman–Crippen LogP) is 5.65. The van der Waals surface area contributed by atoms with Gasteiger partial charge in [0.2, 0.25) is 11.8 Å². The topological polar surface area (TPSA) is 65.6 Å². The maximum Gasteiger partial charge on any atom is 0.234 e. The van der Waals surface area contributed by atoms with Crippen molar-refractivity contribution in [3.63, 3.8) is 0 Å². The first-order chi connectivity index (χ1) is 18.5. The Hall–Kier alpha value is -3.10. The van der Waals surface area contributed by atoms with E-state index in [2.05, 4.69) is 61.8 Å². The van der Waals surface area contributed by atoms with E-state index in [4.69, 9.17) is 33.5 Å². The minimum absolute atomic E-state index is 0.0351. The monoisotopic (exact) mass is 550 g/mol. The second-order valence-electron chi connectivity index (χ2n) is 10.1. The minimum Gasteiger partial charge on any atom is -0.481 e. The second kappa shape index (κ2) is 12.2. The number of piperazine rings is 1. The Morgan fingerprint density at radius 1 is 0.947 bits per heavy atom. The molecule has 200 valence electrons. The van der Waals surface area contributed by atoms with Crippen LogP contribution in [0.25, 0.3) is 0 Å². The molecule has 2 aliphatic rings. The molecule has 2 N–H and O–H groups in total. The highest BCUT2D eigenvalue weighted by Crippen LogP contribution is 2.39. The van der Waals surface area contributed by atoms with Gasteiger partial charge in [-0.05, 0) is 54.9 Å². The molecular weight excluding hydrogens is 516 g/mol. The Morgan fingerprint density at radius 2 is 1.63 bits per heavy atom. The van der Waals surface area contributed by atoms with Crippen molar-refractivity contribution in [1.29, 1.82) is 0 Å². The maximum atomic E-state index is 6.17. The van der Waals surface area contributed by atoms with Crippen molar-refractivity contribution in [3.05, 3.63) is 71.2 Å². The van der Waals surface area contributed by atoms with Gasteiger partial charge in [0.25, 0.3) is 0 Å². The van der Waals surface area contributed by atoms with Gasteiger partial charge in [-0.3, -0.25) is 0 Å². The van der Waals surface area contributed by atoms with Gasteiger partial charge < -0.3 is 25.2 Å². The molecule has 2 heterocycles. The highest BCUT2D eigenvalue weighted by Gasteiger charge is 2.34. The lowest BCUT2D eigenvalue weighted by atomic mass is 9.69. The number of benzene rings is 2. The number of anilines is 3. The van der Waals surface area contributed by atoms with Crippen LogP contribution < -0.4 is 25.2 Å². The van der Waals surface area contributed by atoms with Gasteiger partial charge in [-0.25, -0.2) is 0 Å². The Labute approximate surface area is 235 Å². The summed E-state index contributed by atoms with van der Waals surface area (Å²) in [4.78, 5) is 14.0. The number of methoxy groups -OCH3 is 1. The van der Waals surface area contributed by atoms with E-state index < -0.39 is 0 Å². The molecule has 5 rings (SSSR count). The summed E-state index contributed by atoms with van der Waals surface area (Å²) in [7, 11) is 1.62. The molecule has 0 atom stereocenters. The Balaban J connectivity index is 1.23. The fraction of sp³-hybridized carbons (Fsp3) is 0.414. The lowest BCUT2D eigenvalue weighted by Gasteiger charge is -2.38. The average Bonchev–Trinajstić information content (AvgIpc) is 2.97. The molecule has 0 radical (unpaired) electrons. The zero-order valence-corrected chi connectivity index (χ0v) is 23.4. The third-order valence-electron chi connectivity index (χ3n) is 7.70. The average molecular weight is 551 g/mol. The van der Waals surface area contributed by atoms with E-state index in [-0.39, 0.29) is 5.41 Å². The summed E-state index contributed by atoms with van der Waals surface area (Å²) in [6.45, 7) is 4.32. The number of ether oxygens (including phenoxy) is 1. The van der Waals surface area contributed by atoms with Gasteiger partial charge in [-0.15, -0.1) is 0 Å². The summed E-state index contributed by atoms with van der Waals surface area (Å²) in [5, 5.41) is 7.94. The van der Waals surface area contributed by atoms with Crippen LogP contribution in [-0.4, -0.2) is 54.9 Å². The standard InChI is InChI=1S/C29H35ClN6OS/c1-37-26-20-25(36-18-16-35(17-19-36)24-8-4-2-5-9-24)32-27(33-26)34-28(38)31-21-29(14-6-3-7-15-29)22-10-12-23(30)13-11-22/h2,4-5,8-13,20H,3,6-7,14-19,21H2,1H3,(H2,31,32,33,34,38). The molecule has 3 aromatic rings. The molecule has 1 aliphatic heterocycles. The van der Waals surface area contributed by atoms with Crippen molar-refractivity contribution in [2.24, 2.45) is 0 Å². The van der Waals surface area contributed by atoms with Gasteiger partial charge in [0.1, 0.15) is 5.82 Å². The number of nitrogens with zero attached hydrogens (tertiary/aromatic N) is 4. The maximum absolute atomic E-state index is 6.17. The normalized spacial score (nSPS) is 17.1. The van der Waals surface area contributed by atoms with E-state index in [1.54, 1.807) is 7.11 Å². The summed E-state index contributed by atoms with van der Waals surface area (Å²) in [6, 6.07) is 20.7. The van der Waals surface area contributed by atoms with Crippen LogP contribution in [0.4, 0.5) is 17.5 Å². The quantitative estimate of drug-likeness (QED) is 0.366. The lowest BCUT2D eigenvalue weighted by Crippen LogP contribution is -2.47. The first-order valence-corrected chi connectivity index (χ1v) is 14.1. The summed E-state index contributed by atoms with van der Waals surface area (Å²) >= 11 is 11.9. The number of thiocarbonyl (C=S) groups is 1. The first kappa shape index (κ1) is 26.5. The van der Waals surface area contributed by atoms with Crippen LogP contribution in [0.2, 0.25) is 5.02 Å². The third kappa shape index (κ3) is 6.30. The fourth-order valence-electron chi connectivity index (χ4n) is 5.56. The third-order valence-corrected chi connectivity index (χ3v) is 8.20. The van der Waals surface area contributed by atoms with Gasteiger partial charge in [0.15, 0.2) is 5.11 Å². The smallest absolute Gasteiger partial charge is 0.234 e. The van der Waals surface area contributed by atoms with Crippen molar-refractivity contribution in [1.82, 2.24) is 15.3 Å². The lowest BCUT2D eigenvalue weighted by molar-refractivity contribution is 0.292. The Kier molecular flexibility index (Phi) is 8.49. The van der Waals surface area contributed by atoms with E-state index in [0.717, 1.165) is 56.4 Å². The van der Waals surface area contributed by atoms with E-state index in [1.807, 2.05) is 24.3 Å². The van der Waals surface area contributed by atoms with Crippen molar-refractivity contribution in [3.8, 4) is 5.88 Å². The number of nitrogens with one attached hydrogen (secondary N) is 2. The zero-order chi connectivity index (χ0) is 26.4. The number of rotatable bonds is 7. The van der Waals surface area contributed by atoms with Crippen molar-refractivity contribution in [2.45, 2.75) is 37.5 Å². The van der Waals surface area contributed by atoms with Crippen LogP contribution in [0.5, 0.6) is 5.88 Å². The van der Waals surface area contributed by atoms with E-state index >= 15 is 0 Å². The van der Waals surface area contributed by atoms with Crippen LogP contribution in [-0.2, 0) is 5.41 Å². The second-order valence-corrected chi connectivity index (χ2v) is 10.9. The van der Waals surface area contributed by atoms with Gasteiger partial charge in [-0.1, -0.05) is 61.2 Å². The van der Waals surface area contributed by atoms with Crippen LogP contribution in [0, 0.1) is 0 Å². The predicted molar refractivity (Wildman–Crippen MR) is 160 cm³/mol. The first-order valence-electron chi connectivity index (χ1n) is 13.3. The van der Waals surface area contributed by atoms with Crippen LogP contribution in [0.1, 0.15) is 37.7 Å². The molecule has 0 amide bonds. The molecular formula is C29H35ClN6OS. The summed E-state index contributed by atoms with van der Waals surface area (Å²) < 4.78 is 5.49. The van der Waals surface area contributed by atoms with Crippen molar-refractivity contribution in [2.75, 3.05) is 55.0 Å². The van der Waals surface area contributed by atoms with E-state index in [9.17, 15) is 0 Å². The number of hydrogen-bond donors (Lipinski definition) is 2. The molecule has 0 bridgehead atoms. The molecule has 7 nitrogen and oxygen atoms in total. The van der Waals surface area contributed by atoms with Crippen LogP contribution >= 0.6 is 23.8 Å². The van der Waals surface area contributed by atoms with Gasteiger partial charge in [-0.2, -0.15) is 9.97 Å². The number of hydrogen-bond acceptors (Lipinski definition) is 6. The molecule has 2 fully saturated rings. The molecule has 1 saturated heterocycles. The number of para-hydroxylation sites is 1. The van der Waals surface area contributed by atoms with Crippen molar-refractivity contribution >= 4 is 46.4 Å². The van der Waals surface area contributed by atoms with Crippen LogP contribution in [0.3, 0.4) is 0 Å². The number of halogens is 1. The summed E-state index contributed by atoms with van der Waals surface area (Å²) in [5.41, 5.74) is 2.60. The van der Waals surface area contributed by atoms with E-state index in [1.165, 1.54) is 30.5 Å². The van der Waals surface area contributed by atoms with Gasteiger partial charge in [0, 0.05) is 54.9 Å². The molecule has 1 aromatic heterocycles. The molecule has 0 spiro atoms. The van der Waals surface area contributed by atoms with Gasteiger partial charge >= 0.3 is 0 Å². The Morgan fingerprint density at radius 3 is 2.32 bits per heavy atom. The molecule has 0 unspecified atom stereocenters. The van der Waals surface area contributed by atoms with Crippen molar-refractivity contribution < 1.29 is 4.74 Å². The zero-order valence-electron chi connectivity index (χ0n) is 21.8. The molecule has 1 aliphatic carbocycles. The van der Waals surface area contributed by atoms with Gasteiger partial charge in [0.05, 0.1) is 7.11 Å². The highest BCUT2D eigenvalue weighted by atomic mass is 35.5. The SMILES string of the molecule is COc1cc(N2CCN(c3ccccc3)CC2)nc(NC(=S)NCC2(c3ccc(Cl)cc3)CCCCC2)n1. The Bertz CT molecular complexity index is 1210. The molecule has 1 saturated carbocycles. The molecule has 2 aromatic carbocycles. The number of aromatic nitrogens is 2. The molecule has 9 heteroatoms. The highest BCUT2D eigenvalue weighted by molar-refractivity contribution is 7.80. The summed E-state index contributed by atoms with van der Waals surface area (Å²) in [6.07, 6.45) is 5.95. The largest absolute Gasteiger partial charge is 0.481 e. The summed E-state index contributed by atoms with van der Waals surface area (Å²) in [5.74, 6) is 1.78. The fourth-order valence-corrected chi connectivity index (χ4v) is 5.85. The van der Waals surface area contributed by atoms with E-state index in [0.29, 0.717) is 16.9 Å². The molecule has 38 heavy (non-hydrogen) atoms. The van der Waals surface area contributed by atoms with Crippen LogP contribution in [0.15, 0.2) is 60.7 Å².